The molecule has 1 amide bonds. The summed E-state index contributed by atoms with van der Waals surface area (Å²) in [6.07, 6.45) is 5.20. The Kier molecular flexibility index (Phi) is 2.97. The molecule has 1 aromatic rings. The molecule has 0 bridgehead atoms. The molecule has 0 atom stereocenters. The average molecular weight is 259 g/mol. The van der Waals surface area contributed by atoms with Gasteiger partial charge in [0, 0.05) is 25.6 Å². The van der Waals surface area contributed by atoms with Crippen LogP contribution in [0, 0.1) is 0 Å². The van der Waals surface area contributed by atoms with Gasteiger partial charge in [-0.1, -0.05) is 25.0 Å². The summed E-state index contributed by atoms with van der Waals surface area (Å²) in [6, 6.07) is 8.41. The Hall–Kier alpha value is -1.55. The lowest BCUT2D eigenvalue weighted by molar-refractivity contribution is -0.126. The summed E-state index contributed by atoms with van der Waals surface area (Å²) in [5.41, 5.74) is 8.61. The molecular weight excluding hydrogens is 238 g/mol. The number of nitrogens with two attached hydrogens (primary N) is 1. The average Bonchev–Trinajstić information content (AvgIpc) is 2.99. The van der Waals surface area contributed by atoms with E-state index in [1.807, 2.05) is 12.1 Å². The molecular formula is C15H21N3O. The highest BCUT2D eigenvalue weighted by atomic mass is 16.2. The fraction of sp³-hybridized carbons (Fsp3) is 0.533. The molecule has 0 aromatic heterocycles. The van der Waals surface area contributed by atoms with Crippen LogP contribution >= 0.6 is 0 Å². The second kappa shape index (κ2) is 4.53. The maximum Gasteiger partial charge on any atom is 0.242 e. The number of nitrogens with zero attached hydrogens (tertiary/aromatic N) is 2. The molecule has 0 spiro atoms. The van der Waals surface area contributed by atoms with Crippen molar-refractivity contribution in [2.45, 2.75) is 37.6 Å². The van der Waals surface area contributed by atoms with Crippen LogP contribution in [-0.4, -0.2) is 24.5 Å². The smallest absolute Gasteiger partial charge is 0.242 e. The van der Waals surface area contributed by atoms with Gasteiger partial charge in [0.2, 0.25) is 5.91 Å². The van der Waals surface area contributed by atoms with E-state index in [1.165, 1.54) is 18.4 Å². The second-order valence-corrected chi connectivity index (χ2v) is 5.70. The molecule has 19 heavy (non-hydrogen) atoms. The molecule has 3 rings (SSSR count). The number of hydrogen-bond acceptors (Lipinski definition) is 3. The first kappa shape index (κ1) is 12.5. The van der Waals surface area contributed by atoms with Crippen molar-refractivity contribution in [3.05, 3.63) is 29.8 Å². The fourth-order valence-corrected chi connectivity index (χ4v) is 3.21. The molecule has 0 unspecified atom stereocenters. The summed E-state index contributed by atoms with van der Waals surface area (Å²) in [4.78, 5) is 11.5. The molecule has 1 aliphatic heterocycles. The minimum Gasteiger partial charge on any atom is -0.321 e. The van der Waals surface area contributed by atoms with E-state index in [0.717, 1.165) is 25.1 Å². The first-order chi connectivity index (χ1) is 9.10. The van der Waals surface area contributed by atoms with Gasteiger partial charge in [-0.15, -0.1) is 0 Å². The zero-order valence-corrected chi connectivity index (χ0v) is 11.4. The van der Waals surface area contributed by atoms with E-state index in [9.17, 15) is 4.79 Å². The number of anilines is 1. The SMILES string of the molecule is CN1C(=O)CCN1c1ccc(C2(N)CCCC2)cc1. The maximum absolute atomic E-state index is 11.5. The Bertz CT molecular complexity index is 477. The van der Waals surface area contributed by atoms with Gasteiger partial charge in [-0.2, -0.15) is 0 Å². The van der Waals surface area contributed by atoms with Crippen LogP contribution in [0.2, 0.25) is 0 Å². The van der Waals surface area contributed by atoms with Crippen molar-refractivity contribution in [2.24, 2.45) is 5.73 Å². The van der Waals surface area contributed by atoms with Crippen molar-refractivity contribution < 1.29 is 4.79 Å². The summed E-state index contributed by atoms with van der Waals surface area (Å²) in [5.74, 6) is 0.176. The number of carbonyl (C=O) groups is 1. The van der Waals surface area contributed by atoms with E-state index >= 15 is 0 Å². The molecule has 2 N–H and O–H groups in total. The maximum atomic E-state index is 11.5. The third-order valence-electron chi connectivity index (χ3n) is 4.50. The van der Waals surface area contributed by atoms with Gasteiger partial charge in [0.25, 0.3) is 0 Å². The van der Waals surface area contributed by atoms with Crippen LogP contribution in [0.4, 0.5) is 5.69 Å². The van der Waals surface area contributed by atoms with E-state index in [0.29, 0.717) is 6.42 Å². The predicted molar refractivity (Wildman–Crippen MR) is 75.5 cm³/mol. The lowest BCUT2D eigenvalue weighted by Crippen LogP contribution is -2.36. The summed E-state index contributed by atoms with van der Waals surface area (Å²) in [7, 11) is 1.82. The molecule has 2 fully saturated rings. The van der Waals surface area contributed by atoms with Gasteiger partial charge < -0.3 is 5.73 Å². The van der Waals surface area contributed by atoms with Crippen LogP contribution in [-0.2, 0) is 10.3 Å². The molecule has 1 heterocycles. The molecule has 1 aliphatic carbocycles. The normalized spacial score (nSPS) is 22.3. The standard InChI is InChI=1S/C15H21N3O/c1-17-14(19)8-11-18(17)13-6-4-12(5-7-13)15(16)9-2-3-10-15/h4-7H,2-3,8-11,16H2,1H3. The molecule has 2 aliphatic rings. The van der Waals surface area contributed by atoms with Crippen LogP contribution < -0.4 is 10.7 Å². The number of carbonyl (C=O) groups excluding carboxylic acids is 1. The number of hydrogen-bond donors (Lipinski definition) is 1. The van der Waals surface area contributed by atoms with Crippen molar-refractivity contribution in [2.75, 3.05) is 18.6 Å². The summed E-state index contributed by atoms with van der Waals surface area (Å²) in [5, 5.41) is 3.72. The van der Waals surface area contributed by atoms with Crippen LogP contribution in [0.25, 0.3) is 0 Å². The Morgan fingerprint density at radius 2 is 1.79 bits per heavy atom. The van der Waals surface area contributed by atoms with Crippen molar-refractivity contribution in [3.8, 4) is 0 Å². The first-order valence-corrected chi connectivity index (χ1v) is 7.04. The predicted octanol–water partition coefficient (Wildman–Crippen LogP) is 2.00. The minimum absolute atomic E-state index is 0.134. The van der Waals surface area contributed by atoms with Gasteiger partial charge in [-0.05, 0) is 30.5 Å². The van der Waals surface area contributed by atoms with Gasteiger partial charge >= 0.3 is 0 Å². The number of hydrazine groups is 1. The van der Waals surface area contributed by atoms with Gasteiger partial charge in [0.05, 0.1) is 5.69 Å². The molecule has 4 nitrogen and oxygen atoms in total. The molecule has 1 aromatic carbocycles. The van der Waals surface area contributed by atoms with Crippen molar-refractivity contribution in [1.29, 1.82) is 0 Å². The Balaban J connectivity index is 1.81. The minimum atomic E-state index is -0.134. The largest absolute Gasteiger partial charge is 0.321 e. The Morgan fingerprint density at radius 1 is 1.16 bits per heavy atom. The zero-order chi connectivity index (χ0) is 13.5. The molecule has 4 heteroatoms. The van der Waals surface area contributed by atoms with E-state index in [2.05, 4.69) is 24.3 Å². The van der Waals surface area contributed by atoms with Crippen molar-refractivity contribution in [3.63, 3.8) is 0 Å². The highest BCUT2D eigenvalue weighted by molar-refractivity contribution is 5.81. The highest BCUT2D eigenvalue weighted by Crippen LogP contribution is 2.37. The number of amides is 1. The van der Waals surface area contributed by atoms with E-state index in [1.54, 1.807) is 5.01 Å². The fourth-order valence-electron chi connectivity index (χ4n) is 3.21. The molecule has 1 saturated carbocycles. The van der Waals surface area contributed by atoms with Gasteiger partial charge in [-0.25, -0.2) is 0 Å². The quantitative estimate of drug-likeness (QED) is 0.883. The van der Waals surface area contributed by atoms with Crippen LogP contribution in [0.1, 0.15) is 37.7 Å². The first-order valence-electron chi connectivity index (χ1n) is 7.04. The highest BCUT2D eigenvalue weighted by Gasteiger charge is 2.31. The van der Waals surface area contributed by atoms with Crippen LogP contribution in [0.15, 0.2) is 24.3 Å². The molecule has 102 valence electrons. The number of benzene rings is 1. The van der Waals surface area contributed by atoms with Crippen molar-refractivity contribution >= 4 is 11.6 Å². The van der Waals surface area contributed by atoms with E-state index < -0.39 is 0 Å². The third kappa shape index (κ3) is 2.10. The van der Waals surface area contributed by atoms with E-state index in [4.69, 9.17) is 5.73 Å². The van der Waals surface area contributed by atoms with Gasteiger partial charge in [-0.3, -0.25) is 14.8 Å². The summed E-state index contributed by atoms with van der Waals surface area (Å²) >= 11 is 0. The second-order valence-electron chi connectivity index (χ2n) is 5.70. The number of rotatable bonds is 2. The van der Waals surface area contributed by atoms with Crippen LogP contribution in [0.5, 0.6) is 0 Å². The lowest BCUT2D eigenvalue weighted by atomic mass is 9.89. The Labute approximate surface area is 114 Å². The molecule has 0 radical (unpaired) electrons. The third-order valence-corrected chi connectivity index (χ3v) is 4.50. The van der Waals surface area contributed by atoms with Crippen molar-refractivity contribution in [1.82, 2.24) is 5.01 Å². The summed E-state index contributed by atoms with van der Waals surface area (Å²) < 4.78 is 0. The molecule has 1 saturated heterocycles. The summed E-state index contributed by atoms with van der Waals surface area (Å²) in [6.45, 7) is 0.766. The van der Waals surface area contributed by atoms with Crippen LogP contribution in [0.3, 0.4) is 0 Å². The monoisotopic (exact) mass is 259 g/mol. The zero-order valence-electron chi connectivity index (χ0n) is 11.4. The van der Waals surface area contributed by atoms with E-state index in [-0.39, 0.29) is 11.4 Å². The lowest BCUT2D eigenvalue weighted by Gasteiger charge is -2.28. The van der Waals surface area contributed by atoms with Gasteiger partial charge in [0.1, 0.15) is 0 Å². The van der Waals surface area contributed by atoms with Gasteiger partial charge in [0.15, 0.2) is 0 Å². The topological polar surface area (TPSA) is 49.6 Å². The Morgan fingerprint density at radius 3 is 2.32 bits per heavy atom.